The lowest BCUT2D eigenvalue weighted by molar-refractivity contribution is -0.134. The summed E-state index contributed by atoms with van der Waals surface area (Å²) in [5.41, 5.74) is -1.06. The molecular formula is C6H7NO5. The highest BCUT2D eigenvalue weighted by molar-refractivity contribution is 6.61. The van der Waals surface area contributed by atoms with Gasteiger partial charge in [0.05, 0.1) is 0 Å². The minimum absolute atomic E-state index is 0.0376. The molecule has 6 nitrogen and oxygen atoms in total. The first kappa shape index (κ1) is 10.2. The first-order chi connectivity index (χ1) is 5.59. The first-order valence-corrected chi connectivity index (χ1v) is 2.87. The highest BCUT2D eigenvalue weighted by Gasteiger charge is 2.19. The third kappa shape index (κ3) is 3.35. The monoisotopic (exact) mass is 173 g/mol. The lowest BCUT2D eigenvalue weighted by Gasteiger charge is -1.94. The van der Waals surface area contributed by atoms with E-state index in [1.54, 1.807) is 0 Å². The minimum Gasteiger partial charge on any atom is -0.476 e. The molecule has 0 aromatic carbocycles. The number of oxime groups is 1. The molecule has 0 heterocycles. The van der Waals surface area contributed by atoms with E-state index < -0.39 is 17.7 Å². The number of aliphatic carboxylic acids is 2. The van der Waals surface area contributed by atoms with Crippen LogP contribution in [-0.2, 0) is 14.4 Å². The SMILES string of the molecule is C=CCON=C(C(=O)O)C(=O)O. The highest BCUT2D eigenvalue weighted by atomic mass is 16.6. The van der Waals surface area contributed by atoms with Crippen molar-refractivity contribution in [1.82, 2.24) is 0 Å². The van der Waals surface area contributed by atoms with E-state index in [2.05, 4.69) is 16.6 Å². The zero-order valence-corrected chi connectivity index (χ0v) is 6.06. The zero-order valence-electron chi connectivity index (χ0n) is 6.06. The summed E-state index contributed by atoms with van der Waals surface area (Å²) >= 11 is 0. The molecule has 0 saturated heterocycles. The van der Waals surface area contributed by atoms with E-state index in [0.29, 0.717) is 0 Å². The van der Waals surface area contributed by atoms with Gasteiger partial charge in [-0.25, -0.2) is 9.59 Å². The van der Waals surface area contributed by atoms with Crippen molar-refractivity contribution in [2.75, 3.05) is 6.61 Å². The second-order valence-corrected chi connectivity index (χ2v) is 1.63. The third-order valence-electron chi connectivity index (χ3n) is 0.753. The number of carboxylic acid groups (broad SMARTS) is 2. The number of carboxylic acids is 2. The van der Waals surface area contributed by atoms with Crippen LogP contribution in [0.15, 0.2) is 17.8 Å². The van der Waals surface area contributed by atoms with E-state index in [4.69, 9.17) is 10.2 Å². The van der Waals surface area contributed by atoms with Crippen molar-refractivity contribution >= 4 is 17.7 Å². The second-order valence-electron chi connectivity index (χ2n) is 1.63. The maximum absolute atomic E-state index is 10.1. The van der Waals surface area contributed by atoms with Crippen molar-refractivity contribution in [3.8, 4) is 0 Å². The number of carbonyl (C=O) groups is 2. The van der Waals surface area contributed by atoms with E-state index in [9.17, 15) is 9.59 Å². The molecule has 0 rings (SSSR count). The van der Waals surface area contributed by atoms with E-state index in [0.717, 1.165) is 0 Å². The molecule has 0 radical (unpaired) electrons. The molecule has 0 aromatic rings. The normalized spacial score (nSPS) is 8.33. The Labute approximate surface area is 67.7 Å². The summed E-state index contributed by atoms with van der Waals surface area (Å²) in [7, 11) is 0. The van der Waals surface area contributed by atoms with Crippen molar-refractivity contribution in [3.05, 3.63) is 12.7 Å². The fourth-order valence-corrected chi connectivity index (χ4v) is 0.324. The number of nitrogens with zero attached hydrogens (tertiary/aromatic N) is 1. The summed E-state index contributed by atoms with van der Waals surface area (Å²) in [4.78, 5) is 24.5. The van der Waals surface area contributed by atoms with Crippen molar-refractivity contribution < 1.29 is 24.6 Å². The Bertz CT molecular complexity index is 216. The first-order valence-electron chi connectivity index (χ1n) is 2.87. The Morgan fingerprint density at radius 1 is 1.42 bits per heavy atom. The molecule has 0 aromatic heterocycles. The summed E-state index contributed by atoms with van der Waals surface area (Å²) in [5.74, 6) is -3.29. The van der Waals surface area contributed by atoms with Crippen LogP contribution < -0.4 is 0 Å². The van der Waals surface area contributed by atoms with Gasteiger partial charge in [0.15, 0.2) is 0 Å². The van der Waals surface area contributed by atoms with Crippen LogP contribution >= 0.6 is 0 Å². The fraction of sp³-hybridized carbons (Fsp3) is 0.167. The largest absolute Gasteiger partial charge is 0.476 e. The summed E-state index contributed by atoms with van der Waals surface area (Å²) in [6.45, 7) is 3.22. The van der Waals surface area contributed by atoms with E-state index in [1.807, 2.05) is 0 Å². The lowest BCUT2D eigenvalue weighted by Crippen LogP contribution is -2.23. The van der Waals surface area contributed by atoms with Gasteiger partial charge < -0.3 is 15.1 Å². The molecule has 66 valence electrons. The van der Waals surface area contributed by atoms with Crippen molar-refractivity contribution in [1.29, 1.82) is 0 Å². The van der Waals surface area contributed by atoms with E-state index in [1.165, 1.54) is 6.08 Å². The molecule has 0 bridgehead atoms. The van der Waals surface area contributed by atoms with Gasteiger partial charge in [0.1, 0.15) is 6.61 Å². The van der Waals surface area contributed by atoms with Crippen LogP contribution in [-0.4, -0.2) is 34.5 Å². The standard InChI is InChI=1S/C6H7NO5/c1-2-3-12-7-4(5(8)9)6(10)11/h2H,1,3H2,(H,8,9)(H,10,11). The number of hydrogen-bond donors (Lipinski definition) is 2. The predicted octanol–water partition coefficient (Wildman–Crippen LogP) is -0.286. The van der Waals surface area contributed by atoms with Gasteiger partial charge in [-0.1, -0.05) is 17.8 Å². The van der Waals surface area contributed by atoms with Crippen molar-refractivity contribution in [2.45, 2.75) is 0 Å². The van der Waals surface area contributed by atoms with Crippen molar-refractivity contribution in [2.24, 2.45) is 5.16 Å². The molecule has 0 saturated carbocycles. The highest BCUT2D eigenvalue weighted by Crippen LogP contribution is 1.83. The molecule has 0 unspecified atom stereocenters. The minimum atomic E-state index is -1.65. The Hall–Kier alpha value is -1.85. The van der Waals surface area contributed by atoms with Gasteiger partial charge in [-0.2, -0.15) is 0 Å². The molecule has 0 atom stereocenters. The average Bonchev–Trinajstić information content (AvgIpc) is 1.96. The molecule has 2 N–H and O–H groups in total. The average molecular weight is 173 g/mol. The van der Waals surface area contributed by atoms with Gasteiger partial charge in [0.2, 0.25) is 0 Å². The zero-order chi connectivity index (χ0) is 9.56. The van der Waals surface area contributed by atoms with Gasteiger partial charge in [0.25, 0.3) is 5.71 Å². The van der Waals surface area contributed by atoms with Crippen LogP contribution in [0, 0.1) is 0 Å². The molecule has 0 aliphatic rings. The van der Waals surface area contributed by atoms with Crippen LogP contribution in [0.4, 0.5) is 0 Å². The maximum atomic E-state index is 10.1. The van der Waals surface area contributed by atoms with Gasteiger partial charge in [0, 0.05) is 0 Å². The van der Waals surface area contributed by atoms with Crippen molar-refractivity contribution in [3.63, 3.8) is 0 Å². The molecular weight excluding hydrogens is 166 g/mol. The van der Waals surface area contributed by atoms with Crippen LogP contribution in [0.5, 0.6) is 0 Å². The van der Waals surface area contributed by atoms with Gasteiger partial charge in [-0.3, -0.25) is 0 Å². The Morgan fingerprint density at radius 3 is 2.25 bits per heavy atom. The Kier molecular flexibility index (Phi) is 4.13. The summed E-state index contributed by atoms with van der Waals surface area (Å²) in [5, 5.41) is 19.3. The molecule has 6 heteroatoms. The molecule has 0 aliphatic heterocycles. The van der Waals surface area contributed by atoms with Gasteiger partial charge in [-0.05, 0) is 0 Å². The smallest absolute Gasteiger partial charge is 0.365 e. The molecule has 0 amide bonds. The third-order valence-corrected chi connectivity index (χ3v) is 0.753. The van der Waals surface area contributed by atoms with E-state index >= 15 is 0 Å². The van der Waals surface area contributed by atoms with Crippen LogP contribution in [0.1, 0.15) is 0 Å². The quantitative estimate of drug-likeness (QED) is 0.196. The summed E-state index contributed by atoms with van der Waals surface area (Å²) in [6.07, 6.45) is 1.31. The lowest BCUT2D eigenvalue weighted by atomic mass is 10.4. The van der Waals surface area contributed by atoms with Crippen LogP contribution in [0.3, 0.4) is 0 Å². The fourth-order valence-electron chi connectivity index (χ4n) is 0.324. The number of hydrogen-bond acceptors (Lipinski definition) is 4. The second kappa shape index (κ2) is 4.89. The van der Waals surface area contributed by atoms with Crippen LogP contribution in [0.25, 0.3) is 0 Å². The van der Waals surface area contributed by atoms with Gasteiger partial charge in [-0.15, -0.1) is 0 Å². The molecule has 0 aliphatic carbocycles. The molecule has 12 heavy (non-hydrogen) atoms. The van der Waals surface area contributed by atoms with Crippen LogP contribution in [0.2, 0.25) is 0 Å². The summed E-state index contributed by atoms with van der Waals surface area (Å²) < 4.78 is 0. The number of rotatable bonds is 5. The van der Waals surface area contributed by atoms with E-state index in [-0.39, 0.29) is 6.61 Å². The predicted molar refractivity (Wildman–Crippen MR) is 38.9 cm³/mol. The topological polar surface area (TPSA) is 96.2 Å². The Balaban J connectivity index is 4.29. The van der Waals surface area contributed by atoms with Gasteiger partial charge >= 0.3 is 11.9 Å². The molecule has 0 spiro atoms. The maximum Gasteiger partial charge on any atom is 0.365 e. The molecule has 0 fully saturated rings. The Morgan fingerprint density at radius 2 is 1.92 bits per heavy atom. The summed E-state index contributed by atoms with van der Waals surface area (Å²) in [6, 6.07) is 0.